The van der Waals surface area contributed by atoms with Gasteiger partial charge in [-0.3, -0.25) is 30.0 Å². The minimum Gasteiger partial charge on any atom is -0.493 e. The Morgan fingerprint density at radius 2 is 1.83 bits per heavy atom. The molecule has 0 radical (unpaired) electrons. The lowest BCUT2D eigenvalue weighted by molar-refractivity contribution is -0.129. The van der Waals surface area contributed by atoms with Crippen molar-refractivity contribution in [3.8, 4) is 11.5 Å². The lowest BCUT2D eigenvalue weighted by atomic mass is 10.1. The molecule has 36 heavy (non-hydrogen) atoms. The molecule has 1 fully saturated rings. The number of amides is 3. The Hall–Kier alpha value is -3.97. The number of carbonyl (C=O) groups is 3. The van der Waals surface area contributed by atoms with Gasteiger partial charge in [-0.2, -0.15) is 0 Å². The Labute approximate surface area is 208 Å². The number of ether oxygens (including phenoxy) is 2. The molecule has 5 N–H and O–H groups in total. The maximum Gasteiger partial charge on any atom is 0.247 e. The molecule has 0 bridgehead atoms. The standard InChI is InChI=1S/C23H27N5O7S/c1-13-4-6-15(36(25,32)33)12-16(13)26-22(31)17-7-9-21(30)28(17)23(24)27-20(29)11-14-5-8-18(34-2)19(10-14)35-3/h4-6,8,10,12,17H,7,9,11H2,1-3H3,(H,26,31)(H2,24,27,29)(H2,25,32,33)/t17-/m1/s1. The third-order valence-electron chi connectivity index (χ3n) is 5.62. The Kier molecular flexibility index (Phi) is 7.95. The number of anilines is 1. The maximum absolute atomic E-state index is 13.0. The van der Waals surface area contributed by atoms with Crippen LogP contribution in [0.1, 0.15) is 24.0 Å². The van der Waals surface area contributed by atoms with Gasteiger partial charge in [-0.15, -0.1) is 0 Å². The lowest BCUT2D eigenvalue weighted by Gasteiger charge is -2.25. The number of primary sulfonamides is 1. The quantitative estimate of drug-likeness (QED) is 0.311. The Morgan fingerprint density at radius 3 is 2.47 bits per heavy atom. The predicted octanol–water partition coefficient (Wildman–Crippen LogP) is 0.883. The number of aryl methyl sites for hydroxylation is 1. The summed E-state index contributed by atoms with van der Waals surface area (Å²) in [6.07, 6.45) is 0.00984. The largest absolute Gasteiger partial charge is 0.493 e. The summed E-state index contributed by atoms with van der Waals surface area (Å²) in [6.45, 7) is 1.66. The van der Waals surface area contributed by atoms with E-state index in [1.165, 1.54) is 32.4 Å². The minimum absolute atomic E-state index is 0.00220. The first-order chi connectivity index (χ1) is 16.9. The van der Waals surface area contributed by atoms with Gasteiger partial charge >= 0.3 is 0 Å². The molecule has 2 aromatic carbocycles. The lowest BCUT2D eigenvalue weighted by Crippen LogP contribution is -2.51. The molecule has 0 saturated carbocycles. The zero-order chi connectivity index (χ0) is 26.6. The fourth-order valence-electron chi connectivity index (χ4n) is 3.75. The van der Waals surface area contributed by atoms with E-state index in [9.17, 15) is 22.8 Å². The molecule has 192 valence electrons. The molecular formula is C23H27N5O7S. The van der Waals surface area contributed by atoms with E-state index >= 15 is 0 Å². The predicted molar refractivity (Wildman–Crippen MR) is 130 cm³/mol. The topological polar surface area (TPSA) is 181 Å². The number of methoxy groups -OCH3 is 2. The van der Waals surface area contributed by atoms with Crippen LogP contribution in [-0.2, 0) is 30.8 Å². The van der Waals surface area contributed by atoms with Gasteiger partial charge < -0.3 is 14.8 Å². The van der Waals surface area contributed by atoms with Crippen LogP contribution in [0.5, 0.6) is 11.5 Å². The van der Waals surface area contributed by atoms with Crippen LogP contribution in [-0.4, -0.2) is 57.3 Å². The highest BCUT2D eigenvalue weighted by Crippen LogP contribution is 2.28. The van der Waals surface area contributed by atoms with Crippen LogP contribution >= 0.6 is 0 Å². The molecule has 3 amide bonds. The molecule has 0 aliphatic carbocycles. The van der Waals surface area contributed by atoms with Gasteiger partial charge in [0, 0.05) is 12.1 Å². The summed E-state index contributed by atoms with van der Waals surface area (Å²) >= 11 is 0. The van der Waals surface area contributed by atoms with Crippen LogP contribution in [0.2, 0.25) is 0 Å². The van der Waals surface area contributed by atoms with E-state index < -0.39 is 39.7 Å². The summed E-state index contributed by atoms with van der Waals surface area (Å²) in [5.41, 5.74) is 1.37. The van der Waals surface area contributed by atoms with Crippen LogP contribution in [0.3, 0.4) is 0 Å². The molecule has 1 aliphatic heterocycles. The van der Waals surface area contributed by atoms with Crippen molar-refractivity contribution in [2.75, 3.05) is 19.5 Å². The summed E-state index contributed by atoms with van der Waals surface area (Å²) in [4.78, 5) is 38.7. The third-order valence-corrected chi connectivity index (χ3v) is 6.53. The van der Waals surface area contributed by atoms with E-state index in [1.54, 1.807) is 25.1 Å². The highest BCUT2D eigenvalue weighted by Gasteiger charge is 2.39. The molecule has 0 spiro atoms. The second kappa shape index (κ2) is 10.7. The Morgan fingerprint density at radius 1 is 1.14 bits per heavy atom. The summed E-state index contributed by atoms with van der Waals surface area (Å²) < 4.78 is 33.7. The van der Waals surface area contributed by atoms with E-state index in [4.69, 9.17) is 20.0 Å². The van der Waals surface area contributed by atoms with E-state index in [2.05, 4.69) is 10.6 Å². The van der Waals surface area contributed by atoms with E-state index in [-0.39, 0.29) is 29.8 Å². The van der Waals surface area contributed by atoms with Crippen LogP contribution in [0, 0.1) is 12.3 Å². The van der Waals surface area contributed by atoms with Crippen LogP contribution in [0.4, 0.5) is 5.69 Å². The van der Waals surface area contributed by atoms with Gasteiger partial charge in [-0.05, 0) is 48.7 Å². The summed E-state index contributed by atoms with van der Waals surface area (Å²) in [6, 6.07) is 7.89. The van der Waals surface area contributed by atoms with Crippen molar-refractivity contribution >= 4 is 39.4 Å². The second-order valence-electron chi connectivity index (χ2n) is 8.09. The molecule has 1 heterocycles. The van der Waals surface area contributed by atoms with E-state index in [0.29, 0.717) is 22.6 Å². The van der Waals surface area contributed by atoms with E-state index in [0.717, 1.165) is 4.90 Å². The average molecular weight is 518 g/mol. The fourth-order valence-corrected chi connectivity index (χ4v) is 4.29. The molecule has 0 unspecified atom stereocenters. The number of likely N-dealkylation sites (tertiary alicyclic amines) is 1. The first-order valence-corrected chi connectivity index (χ1v) is 12.3. The number of nitrogens with two attached hydrogens (primary N) is 1. The smallest absolute Gasteiger partial charge is 0.247 e. The van der Waals surface area contributed by atoms with Crippen molar-refractivity contribution in [3.63, 3.8) is 0 Å². The summed E-state index contributed by atoms with van der Waals surface area (Å²) in [5, 5.41) is 18.4. The van der Waals surface area contributed by atoms with Crippen LogP contribution in [0.25, 0.3) is 0 Å². The highest BCUT2D eigenvalue weighted by molar-refractivity contribution is 7.89. The number of benzene rings is 2. The van der Waals surface area contributed by atoms with Crippen molar-refractivity contribution in [2.24, 2.45) is 5.14 Å². The normalized spacial score (nSPS) is 15.4. The molecule has 13 heteroatoms. The van der Waals surface area contributed by atoms with Crippen molar-refractivity contribution in [1.29, 1.82) is 5.41 Å². The minimum atomic E-state index is -3.99. The van der Waals surface area contributed by atoms with Crippen molar-refractivity contribution in [2.45, 2.75) is 37.1 Å². The number of hydrogen-bond acceptors (Lipinski definition) is 8. The van der Waals surface area contributed by atoms with Crippen molar-refractivity contribution in [1.82, 2.24) is 10.2 Å². The molecule has 2 aromatic rings. The van der Waals surface area contributed by atoms with Crippen LogP contribution < -0.4 is 25.2 Å². The van der Waals surface area contributed by atoms with Crippen molar-refractivity contribution in [3.05, 3.63) is 47.5 Å². The average Bonchev–Trinajstić information content (AvgIpc) is 3.21. The Balaban J connectivity index is 1.71. The van der Waals surface area contributed by atoms with Crippen molar-refractivity contribution < 1.29 is 32.3 Å². The van der Waals surface area contributed by atoms with Gasteiger partial charge in [0.1, 0.15) is 6.04 Å². The van der Waals surface area contributed by atoms with Gasteiger partial charge in [0.2, 0.25) is 33.7 Å². The number of carbonyl (C=O) groups excluding carboxylic acids is 3. The second-order valence-corrected chi connectivity index (χ2v) is 9.65. The van der Waals surface area contributed by atoms with Gasteiger partial charge in [0.15, 0.2) is 11.5 Å². The van der Waals surface area contributed by atoms with Gasteiger partial charge in [-0.1, -0.05) is 12.1 Å². The van der Waals surface area contributed by atoms with Gasteiger partial charge in [0.05, 0.1) is 25.5 Å². The highest BCUT2D eigenvalue weighted by atomic mass is 32.2. The zero-order valence-electron chi connectivity index (χ0n) is 20.0. The molecule has 0 aromatic heterocycles. The van der Waals surface area contributed by atoms with E-state index in [1.807, 2.05) is 0 Å². The molecule has 1 saturated heterocycles. The molecular weight excluding hydrogens is 490 g/mol. The first-order valence-electron chi connectivity index (χ1n) is 10.8. The Bertz CT molecular complexity index is 1330. The number of hydrogen-bond donors (Lipinski definition) is 4. The SMILES string of the molecule is COc1ccc(CC(=O)NC(=N)N2C(=O)CC[C@@H]2C(=O)Nc2cc(S(N)(=O)=O)ccc2C)cc1OC. The maximum atomic E-state index is 13.0. The zero-order valence-corrected chi connectivity index (χ0v) is 20.8. The molecule has 3 rings (SSSR count). The number of guanidine groups is 1. The van der Waals surface area contributed by atoms with Gasteiger partial charge in [0.25, 0.3) is 0 Å². The summed E-state index contributed by atoms with van der Waals surface area (Å²) in [7, 11) is -1.03. The number of rotatable bonds is 7. The first kappa shape index (κ1) is 26.6. The summed E-state index contributed by atoms with van der Waals surface area (Å²) in [5.74, 6) is -1.29. The van der Waals surface area contributed by atoms with Gasteiger partial charge in [-0.25, -0.2) is 13.6 Å². The monoisotopic (exact) mass is 517 g/mol. The number of nitrogens with one attached hydrogen (secondary N) is 3. The third kappa shape index (κ3) is 5.98. The number of sulfonamides is 1. The fraction of sp³-hybridized carbons (Fsp3) is 0.304. The molecule has 12 nitrogen and oxygen atoms in total. The molecule has 1 atom stereocenters. The van der Waals surface area contributed by atoms with Crippen LogP contribution in [0.15, 0.2) is 41.3 Å². The number of nitrogens with zero attached hydrogens (tertiary/aromatic N) is 1. The molecule has 1 aliphatic rings.